The molecule has 0 fully saturated rings. The number of sulfonamides is 1. The predicted octanol–water partition coefficient (Wildman–Crippen LogP) is 1.95. The quantitative estimate of drug-likeness (QED) is 0.882. The van der Waals surface area contributed by atoms with Crippen molar-refractivity contribution < 1.29 is 13.2 Å². The van der Waals surface area contributed by atoms with Crippen LogP contribution in [-0.4, -0.2) is 15.5 Å². The molecule has 0 aliphatic heterocycles. The van der Waals surface area contributed by atoms with E-state index in [-0.39, 0.29) is 11.4 Å². The summed E-state index contributed by atoms with van der Waals surface area (Å²) in [7, 11) is -2.09. The van der Waals surface area contributed by atoms with E-state index in [0.29, 0.717) is 17.0 Å². The molecule has 2 aromatic carbocycles. The Morgan fingerprint density at radius 3 is 2.35 bits per heavy atom. The fourth-order valence-electron chi connectivity index (χ4n) is 1.80. The molecule has 0 spiro atoms. The van der Waals surface area contributed by atoms with Crippen LogP contribution in [0.15, 0.2) is 53.4 Å². The summed E-state index contributed by atoms with van der Waals surface area (Å²) in [5.41, 5.74) is 6.62. The maximum Gasteiger partial charge on any atom is 0.262 e. The molecule has 0 heterocycles. The van der Waals surface area contributed by atoms with E-state index in [9.17, 15) is 8.42 Å². The van der Waals surface area contributed by atoms with Crippen LogP contribution in [0.1, 0.15) is 5.56 Å². The zero-order valence-electron chi connectivity index (χ0n) is 11.0. The Kier molecular flexibility index (Phi) is 4.26. The highest BCUT2D eigenvalue weighted by Gasteiger charge is 2.17. The van der Waals surface area contributed by atoms with E-state index in [1.54, 1.807) is 49.6 Å². The van der Waals surface area contributed by atoms with Gasteiger partial charge in [-0.05, 0) is 35.9 Å². The van der Waals surface area contributed by atoms with Crippen LogP contribution in [0.2, 0.25) is 0 Å². The third-order valence-corrected chi connectivity index (χ3v) is 4.31. The van der Waals surface area contributed by atoms with E-state index >= 15 is 0 Å². The van der Waals surface area contributed by atoms with Crippen molar-refractivity contribution in [2.75, 3.05) is 11.8 Å². The molecule has 20 heavy (non-hydrogen) atoms. The van der Waals surface area contributed by atoms with Gasteiger partial charge < -0.3 is 10.5 Å². The van der Waals surface area contributed by atoms with E-state index in [2.05, 4.69) is 4.72 Å². The van der Waals surface area contributed by atoms with Gasteiger partial charge >= 0.3 is 0 Å². The van der Waals surface area contributed by atoms with E-state index in [0.717, 1.165) is 0 Å². The zero-order chi connectivity index (χ0) is 14.6. The first-order chi connectivity index (χ1) is 9.56. The molecule has 0 unspecified atom stereocenters. The Hall–Kier alpha value is -2.05. The Balaban J connectivity index is 2.30. The molecule has 3 N–H and O–H groups in total. The van der Waals surface area contributed by atoms with Gasteiger partial charge in [0.1, 0.15) is 5.75 Å². The van der Waals surface area contributed by atoms with Crippen LogP contribution in [-0.2, 0) is 16.6 Å². The zero-order valence-corrected chi connectivity index (χ0v) is 11.9. The van der Waals surface area contributed by atoms with Crippen molar-refractivity contribution in [3.8, 4) is 5.75 Å². The van der Waals surface area contributed by atoms with Crippen LogP contribution < -0.4 is 15.2 Å². The first-order valence-electron chi connectivity index (χ1n) is 6.01. The van der Waals surface area contributed by atoms with Gasteiger partial charge in [-0.15, -0.1) is 0 Å². The summed E-state index contributed by atoms with van der Waals surface area (Å²) in [6, 6.07) is 13.3. The van der Waals surface area contributed by atoms with Crippen molar-refractivity contribution in [1.29, 1.82) is 0 Å². The highest BCUT2D eigenvalue weighted by atomic mass is 32.2. The van der Waals surface area contributed by atoms with E-state index in [1.807, 2.05) is 0 Å². The Morgan fingerprint density at radius 2 is 1.75 bits per heavy atom. The molecular weight excluding hydrogens is 276 g/mol. The summed E-state index contributed by atoms with van der Waals surface area (Å²) in [4.78, 5) is 0.193. The van der Waals surface area contributed by atoms with Gasteiger partial charge in [0.2, 0.25) is 0 Å². The maximum absolute atomic E-state index is 12.3. The van der Waals surface area contributed by atoms with Gasteiger partial charge in [0, 0.05) is 12.2 Å². The van der Waals surface area contributed by atoms with Crippen molar-refractivity contribution in [3.05, 3.63) is 54.1 Å². The topological polar surface area (TPSA) is 81.4 Å². The highest BCUT2D eigenvalue weighted by Crippen LogP contribution is 2.21. The SMILES string of the molecule is COc1ccc(NS(=O)(=O)c2ccccc2CN)cc1. The molecule has 0 atom stereocenters. The summed E-state index contributed by atoms with van der Waals surface area (Å²) < 4.78 is 32.2. The first-order valence-corrected chi connectivity index (χ1v) is 7.50. The number of rotatable bonds is 5. The maximum atomic E-state index is 12.3. The molecule has 0 aliphatic rings. The molecule has 106 valence electrons. The molecule has 0 amide bonds. The predicted molar refractivity (Wildman–Crippen MR) is 78.1 cm³/mol. The Morgan fingerprint density at radius 1 is 1.10 bits per heavy atom. The van der Waals surface area contributed by atoms with Gasteiger partial charge in [-0.25, -0.2) is 8.42 Å². The van der Waals surface area contributed by atoms with Crippen LogP contribution in [0.4, 0.5) is 5.69 Å². The molecule has 0 bridgehead atoms. The monoisotopic (exact) mass is 292 g/mol. The van der Waals surface area contributed by atoms with Crippen molar-refractivity contribution in [3.63, 3.8) is 0 Å². The third-order valence-electron chi connectivity index (χ3n) is 2.82. The summed E-state index contributed by atoms with van der Waals surface area (Å²) >= 11 is 0. The van der Waals surface area contributed by atoms with Gasteiger partial charge in [-0.3, -0.25) is 4.72 Å². The molecule has 0 saturated heterocycles. The first kappa shape index (κ1) is 14.4. The summed E-state index contributed by atoms with van der Waals surface area (Å²) in [6.07, 6.45) is 0. The van der Waals surface area contributed by atoms with Gasteiger partial charge in [-0.1, -0.05) is 18.2 Å². The Labute approximate surface area is 118 Å². The minimum atomic E-state index is -3.65. The lowest BCUT2D eigenvalue weighted by atomic mass is 10.2. The van der Waals surface area contributed by atoms with Crippen LogP contribution in [0.5, 0.6) is 5.75 Å². The van der Waals surface area contributed by atoms with Crippen LogP contribution in [0, 0.1) is 0 Å². The summed E-state index contributed by atoms with van der Waals surface area (Å²) in [5, 5.41) is 0. The van der Waals surface area contributed by atoms with Crippen molar-refractivity contribution in [1.82, 2.24) is 0 Å². The molecule has 0 aliphatic carbocycles. The number of methoxy groups -OCH3 is 1. The summed E-state index contributed by atoms with van der Waals surface area (Å²) in [6.45, 7) is 0.166. The van der Waals surface area contributed by atoms with E-state index < -0.39 is 10.0 Å². The molecule has 2 rings (SSSR count). The fraction of sp³-hybridized carbons (Fsp3) is 0.143. The molecule has 6 heteroatoms. The molecule has 5 nitrogen and oxygen atoms in total. The molecule has 0 saturated carbocycles. The number of ether oxygens (including phenoxy) is 1. The van der Waals surface area contributed by atoms with Gasteiger partial charge in [-0.2, -0.15) is 0 Å². The minimum absolute atomic E-state index is 0.166. The largest absolute Gasteiger partial charge is 0.497 e. The average molecular weight is 292 g/mol. The molecule has 2 aromatic rings. The van der Waals surface area contributed by atoms with Crippen molar-refractivity contribution in [2.45, 2.75) is 11.4 Å². The second kappa shape index (κ2) is 5.94. The number of nitrogens with one attached hydrogen (secondary N) is 1. The number of nitrogens with two attached hydrogens (primary N) is 1. The second-order valence-electron chi connectivity index (χ2n) is 4.15. The number of hydrogen-bond acceptors (Lipinski definition) is 4. The van der Waals surface area contributed by atoms with E-state index in [1.165, 1.54) is 6.07 Å². The molecule has 0 aromatic heterocycles. The Bertz CT molecular complexity index is 682. The van der Waals surface area contributed by atoms with Crippen molar-refractivity contribution in [2.24, 2.45) is 5.73 Å². The van der Waals surface area contributed by atoms with Gasteiger partial charge in [0.25, 0.3) is 10.0 Å². The second-order valence-corrected chi connectivity index (χ2v) is 5.80. The van der Waals surface area contributed by atoms with Gasteiger partial charge in [0.15, 0.2) is 0 Å². The third kappa shape index (κ3) is 3.09. The normalized spacial score (nSPS) is 11.1. The van der Waals surface area contributed by atoms with Crippen LogP contribution in [0.3, 0.4) is 0 Å². The average Bonchev–Trinajstić information content (AvgIpc) is 2.47. The highest BCUT2D eigenvalue weighted by molar-refractivity contribution is 7.92. The van der Waals surface area contributed by atoms with Crippen molar-refractivity contribution >= 4 is 15.7 Å². The fourth-order valence-corrected chi connectivity index (χ4v) is 3.11. The van der Waals surface area contributed by atoms with Crippen LogP contribution >= 0.6 is 0 Å². The minimum Gasteiger partial charge on any atom is -0.497 e. The molecular formula is C14H16N2O3S. The summed E-state index contributed by atoms with van der Waals surface area (Å²) in [5.74, 6) is 0.662. The van der Waals surface area contributed by atoms with Gasteiger partial charge in [0.05, 0.1) is 12.0 Å². The smallest absolute Gasteiger partial charge is 0.262 e. The lowest BCUT2D eigenvalue weighted by Crippen LogP contribution is -2.16. The van der Waals surface area contributed by atoms with E-state index in [4.69, 9.17) is 10.5 Å². The molecule has 0 radical (unpaired) electrons. The standard InChI is InChI=1S/C14H16N2O3S/c1-19-13-8-6-12(7-9-13)16-20(17,18)14-5-3-2-4-11(14)10-15/h2-9,16H,10,15H2,1H3. The van der Waals surface area contributed by atoms with Crippen LogP contribution in [0.25, 0.3) is 0 Å². The number of benzene rings is 2. The number of hydrogen-bond donors (Lipinski definition) is 2. The lowest BCUT2D eigenvalue weighted by molar-refractivity contribution is 0.415. The number of anilines is 1. The lowest BCUT2D eigenvalue weighted by Gasteiger charge is -2.11.